The summed E-state index contributed by atoms with van der Waals surface area (Å²) in [6, 6.07) is 14.3. The average Bonchev–Trinajstić information content (AvgIpc) is 2.63. The van der Waals surface area contributed by atoms with E-state index in [1.165, 1.54) is 30.3 Å². The van der Waals surface area contributed by atoms with Gasteiger partial charge < -0.3 is 5.11 Å². The first-order valence-electron chi connectivity index (χ1n) is 8.28. The van der Waals surface area contributed by atoms with E-state index in [0.29, 0.717) is 16.7 Å². The minimum atomic E-state index is -3.61. The Morgan fingerprint density at radius 1 is 0.926 bits per heavy atom. The number of benzene rings is 3. The lowest BCUT2D eigenvalue weighted by Crippen LogP contribution is -2.07. The predicted octanol–water partition coefficient (Wildman–Crippen LogP) is 4.41. The summed E-state index contributed by atoms with van der Waals surface area (Å²) in [6.07, 6.45) is 0. The SMILES string of the molecule is Cc1c(CO)cccc1CS(=O)(=O)c1ccc(-c2ccc(F)cc2F)cc1. The number of halogens is 2. The summed E-state index contributed by atoms with van der Waals surface area (Å²) in [4.78, 5) is 0.113. The van der Waals surface area contributed by atoms with Crippen molar-refractivity contribution >= 4 is 9.84 Å². The predicted molar refractivity (Wildman–Crippen MR) is 99.8 cm³/mol. The van der Waals surface area contributed by atoms with Gasteiger partial charge >= 0.3 is 0 Å². The third-order valence-electron chi connectivity index (χ3n) is 4.53. The quantitative estimate of drug-likeness (QED) is 0.705. The Labute approximate surface area is 156 Å². The highest BCUT2D eigenvalue weighted by atomic mass is 32.2. The first kappa shape index (κ1) is 19.2. The molecule has 0 saturated carbocycles. The van der Waals surface area contributed by atoms with Crippen LogP contribution in [0.2, 0.25) is 0 Å². The summed E-state index contributed by atoms with van der Waals surface area (Å²) in [6.45, 7) is 1.62. The molecular formula is C21H18F2O3S. The van der Waals surface area contributed by atoms with E-state index < -0.39 is 21.5 Å². The van der Waals surface area contributed by atoms with Crippen LogP contribution in [0.1, 0.15) is 16.7 Å². The number of hydrogen-bond acceptors (Lipinski definition) is 3. The molecule has 0 fully saturated rings. The number of aliphatic hydroxyl groups excluding tert-OH is 1. The van der Waals surface area contributed by atoms with Gasteiger partial charge in [-0.15, -0.1) is 0 Å². The Bertz CT molecular complexity index is 1080. The number of sulfone groups is 1. The molecule has 0 aromatic heterocycles. The van der Waals surface area contributed by atoms with Gasteiger partial charge in [0.15, 0.2) is 9.84 Å². The summed E-state index contributed by atoms with van der Waals surface area (Å²) >= 11 is 0. The van der Waals surface area contributed by atoms with Crippen molar-refractivity contribution in [2.45, 2.75) is 24.2 Å². The third kappa shape index (κ3) is 4.07. The smallest absolute Gasteiger partial charge is 0.182 e. The molecule has 0 spiro atoms. The summed E-state index contributed by atoms with van der Waals surface area (Å²) in [7, 11) is -3.61. The van der Waals surface area contributed by atoms with E-state index in [1.807, 2.05) is 0 Å². The molecule has 0 saturated heterocycles. The number of rotatable bonds is 5. The van der Waals surface area contributed by atoms with Gasteiger partial charge in [-0.25, -0.2) is 17.2 Å². The van der Waals surface area contributed by atoms with Crippen LogP contribution in [-0.2, 0) is 22.2 Å². The van der Waals surface area contributed by atoms with Crippen LogP contribution < -0.4 is 0 Å². The molecule has 3 rings (SSSR count). The first-order chi connectivity index (χ1) is 12.8. The normalized spacial score (nSPS) is 11.6. The van der Waals surface area contributed by atoms with Crippen LogP contribution in [0.5, 0.6) is 0 Å². The Morgan fingerprint density at radius 2 is 1.59 bits per heavy atom. The molecule has 1 N–H and O–H groups in total. The van der Waals surface area contributed by atoms with E-state index in [2.05, 4.69) is 0 Å². The highest BCUT2D eigenvalue weighted by Gasteiger charge is 2.18. The largest absolute Gasteiger partial charge is 0.392 e. The summed E-state index contributed by atoms with van der Waals surface area (Å²) in [5.74, 6) is -1.57. The number of hydrogen-bond donors (Lipinski definition) is 1. The summed E-state index contributed by atoms with van der Waals surface area (Å²) in [5, 5.41) is 9.33. The molecular weight excluding hydrogens is 370 g/mol. The molecule has 0 atom stereocenters. The fraction of sp³-hybridized carbons (Fsp3) is 0.143. The van der Waals surface area contributed by atoms with Crippen LogP contribution in [0, 0.1) is 18.6 Å². The lowest BCUT2D eigenvalue weighted by molar-refractivity contribution is 0.281. The van der Waals surface area contributed by atoms with Crippen molar-refractivity contribution < 1.29 is 22.3 Å². The minimum Gasteiger partial charge on any atom is -0.392 e. The van der Waals surface area contributed by atoms with Gasteiger partial charge in [0, 0.05) is 11.6 Å². The second-order valence-electron chi connectivity index (χ2n) is 6.27. The van der Waals surface area contributed by atoms with E-state index in [0.717, 1.165) is 17.7 Å². The maximum absolute atomic E-state index is 13.9. The number of aliphatic hydroxyl groups is 1. The molecule has 3 aromatic rings. The zero-order chi connectivity index (χ0) is 19.6. The van der Waals surface area contributed by atoms with Gasteiger partial charge in [0.2, 0.25) is 0 Å². The summed E-state index contributed by atoms with van der Waals surface area (Å²) < 4.78 is 52.4. The van der Waals surface area contributed by atoms with Crippen LogP contribution in [-0.4, -0.2) is 13.5 Å². The van der Waals surface area contributed by atoms with Crippen molar-refractivity contribution in [2.75, 3.05) is 0 Å². The molecule has 6 heteroatoms. The van der Waals surface area contributed by atoms with Crippen molar-refractivity contribution in [3.05, 3.63) is 89.0 Å². The molecule has 3 aromatic carbocycles. The van der Waals surface area contributed by atoms with Gasteiger partial charge in [0.25, 0.3) is 0 Å². The lowest BCUT2D eigenvalue weighted by Gasteiger charge is -2.11. The van der Waals surface area contributed by atoms with Crippen LogP contribution in [0.25, 0.3) is 11.1 Å². The van der Waals surface area contributed by atoms with Crippen LogP contribution in [0.3, 0.4) is 0 Å². The van der Waals surface area contributed by atoms with Gasteiger partial charge in [-0.3, -0.25) is 0 Å². The van der Waals surface area contributed by atoms with Gasteiger partial charge in [-0.05, 0) is 53.4 Å². The van der Waals surface area contributed by atoms with Crippen molar-refractivity contribution in [3.63, 3.8) is 0 Å². The molecule has 0 unspecified atom stereocenters. The highest BCUT2D eigenvalue weighted by molar-refractivity contribution is 7.90. The minimum absolute atomic E-state index is 0.113. The van der Waals surface area contributed by atoms with Crippen molar-refractivity contribution in [1.29, 1.82) is 0 Å². The van der Waals surface area contributed by atoms with Gasteiger partial charge in [-0.2, -0.15) is 0 Å². The maximum atomic E-state index is 13.9. The molecule has 140 valence electrons. The standard InChI is InChI=1S/C21H18F2O3S/c1-14-16(12-24)3-2-4-17(14)13-27(25,26)19-8-5-15(6-9-19)20-10-7-18(22)11-21(20)23/h2-11,24H,12-13H2,1H3. The van der Waals surface area contributed by atoms with Crippen LogP contribution >= 0.6 is 0 Å². The highest BCUT2D eigenvalue weighted by Crippen LogP contribution is 2.26. The zero-order valence-corrected chi connectivity index (χ0v) is 15.4. The Kier molecular flexibility index (Phi) is 5.39. The topological polar surface area (TPSA) is 54.4 Å². The fourth-order valence-corrected chi connectivity index (χ4v) is 4.36. The maximum Gasteiger partial charge on any atom is 0.182 e. The van der Waals surface area contributed by atoms with E-state index in [-0.39, 0.29) is 22.8 Å². The van der Waals surface area contributed by atoms with Crippen molar-refractivity contribution in [1.82, 2.24) is 0 Å². The Hall–Kier alpha value is -2.57. The van der Waals surface area contributed by atoms with Crippen LogP contribution in [0.15, 0.2) is 65.6 Å². The molecule has 0 heterocycles. The van der Waals surface area contributed by atoms with Gasteiger partial charge in [0.05, 0.1) is 17.3 Å². The molecule has 0 aliphatic heterocycles. The summed E-state index contributed by atoms with van der Waals surface area (Å²) in [5.41, 5.74) is 2.71. The lowest BCUT2D eigenvalue weighted by atomic mass is 10.0. The molecule has 0 aliphatic carbocycles. The molecule has 27 heavy (non-hydrogen) atoms. The average molecular weight is 388 g/mol. The Morgan fingerprint density at radius 3 is 2.22 bits per heavy atom. The Balaban J connectivity index is 1.90. The molecule has 0 amide bonds. The van der Waals surface area contributed by atoms with Gasteiger partial charge in [-0.1, -0.05) is 30.3 Å². The molecule has 0 bridgehead atoms. The zero-order valence-electron chi connectivity index (χ0n) is 14.6. The molecule has 3 nitrogen and oxygen atoms in total. The van der Waals surface area contributed by atoms with Crippen molar-refractivity contribution in [2.24, 2.45) is 0 Å². The van der Waals surface area contributed by atoms with E-state index in [1.54, 1.807) is 25.1 Å². The van der Waals surface area contributed by atoms with Crippen molar-refractivity contribution in [3.8, 4) is 11.1 Å². The monoisotopic (exact) mass is 388 g/mol. The molecule has 0 aliphatic rings. The van der Waals surface area contributed by atoms with E-state index in [4.69, 9.17) is 0 Å². The fourth-order valence-electron chi connectivity index (χ4n) is 2.92. The first-order valence-corrected chi connectivity index (χ1v) is 9.93. The molecule has 0 radical (unpaired) electrons. The van der Waals surface area contributed by atoms with E-state index in [9.17, 15) is 22.3 Å². The second-order valence-corrected chi connectivity index (χ2v) is 8.26. The third-order valence-corrected chi connectivity index (χ3v) is 6.21. The second kappa shape index (κ2) is 7.58. The van der Waals surface area contributed by atoms with Crippen LogP contribution in [0.4, 0.5) is 8.78 Å². The van der Waals surface area contributed by atoms with E-state index >= 15 is 0 Å². The van der Waals surface area contributed by atoms with Gasteiger partial charge in [0.1, 0.15) is 11.6 Å².